The molecular weight excluding hydrogens is 218 g/mol. The molecule has 2 heterocycles. The molecule has 0 aliphatic heterocycles. The molecule has 0 radical (unpaired) electrons. The third kappa shape index (κ3) is 2.10. The first-order chi connectivity index (χ1) is 8.09. The van der Waals surface area contributed by atoms with Gasteiger partial charge in [-0.3, -0.25) is 14.9 Å². The SMILES string of the molecule is Cc1ncccc1C(=O)Nc1n[nH]c(C)c1N. The van der Waals surface area contributed by atoms with Gasteiger partial charge < -0.3 is 11.1 Å². The average molecular weight is 231 g/mol. The summed E-state index contributed by atoms with van der Waals surface area (Å²) in [5, 5.41) is 9.25. The maximum Gasteiger partial charge on any atom is 0.258 e. The summed E-state index contributed by atoms with van der Waals surface area (Å²) in [7, 11) is 0. The molecule has 0 saturated heterocycles. The summed E-state index contributed by atoms with van der Waals surface area (Å²) >= 11 is 0. The summed E-state index contributed by atoms with van der Waals surface area (Å²) in [5.74, 6) is 0.0737. The number of aromatic amines is 1. The molecule has 0 bridgehead atoms. The number of nitrogens with one attached hydrogen (secondary N) is 2. The Bertz CT molecular complexity index is 561. The molecule has 2 aromatic rings. The van der Waals surface area contributed by atoms with Gasteiger partial charge in [0.25, 0.3) is 5.91 Å². The zero-order valence-electron chi connectivity index (χ0n) is 9.61. The lowest BCUT2D eigenvalue weighted by atomic mass is 10.2. The largest absolute Gasteiger partial charge is 0.394 e. The lowest BCUT2D eigenvalue weighted by molar-refractivity contribution is 0.102. The van der Waals surface area contributed by atoms with E-state index in [0.717, 1.165) is 5.69 Å². The molecule has 2 aromatic heterocycles. The highest BCUT2D eigenvalue weighted by molar-refractivity contribution is 6.05. The van der Waals surface area contributed by atoms with Gasteiger partial charge in [-0.25, -0.2) is 0 Å². The number of aromatic nitrogens is 3. The first-order valence-electron chi connectivity index (χ1n) is 5.13. The fraction of sp³-hybridized carbons (Fsp3) is 0.182. The molecule has 0 fully saturated rings. The smallest absolute Gasteiger partial charge is 0.258 e. The maximum atomic E-state index is 11.9. The third-order valence-corrected chi connectivity index (χ3v) is 2.48. The van der Waals surface area contributed by atoms with E-state index in [0.29, 0.717) is 22.8 Å². The van der Waals surface area contributed by atoms with Gasteiger partial charge in [0, 0.05) is 11.9 Å². The summed E-state index contributed by atoms with van der Waals surface area (Å²) in [6.07, 6.45) is 1.64. The molecule has 2 rings (SSSR count). The van der Waals surface area contributed by atoms with E-state index in [9.17, 15) is 4.79 Å². The highest BCUT2D eigenvalue weighted by Crippen LogP contribution is 2.19. The number of aryl methyl sites for hydroxylation is 2. The number of nitrogens with zero attached hydrogens (tertiary/aromatic N) is 2. The summed E-state index contributed by atoms with van der Waals surface area (Å²) in [4.78, 5) is 16.0. The number of pyridine rings is 1. The van der Waals surface area contributed by atoms with Gasteiger partial charge >= 0.3 is 0 Å². The van der Waals surface area contributed by atoms with Gasteiger partial charge in [0.15, 0.2) is 5.82 Å². The predicted molar refractivity (Wildman–Crippen MR) is 64.7 cm³/mol. The second-order valence-electron chi connectivity index (χ2n) is 3.70. The van der Waals surface area contributed by atoms with Gasteiger partial charge in [0.1, 0.15) is 0 Å². The Hall–Kier alpha value is -2.37. The number of hydrogen-bond donors (Lipinski definition) is 3. The monoisotopic (exact) mass is 231 g/mol. The van der Waals surface area contributed by atoms with E-state index in [1.807, 2.05) is 0 Å². The molecule has 17 heavy (non-hydrogen) atoms. The highest BCUT2D eigenvalue weighted by atomic mass is 16.1. The highest BCUT2D eigenvalue weighted by Gasteiger charge is 2.13. The molecule has 0 saturated carbocycles. The van der Waals surface area contributed by atoms with Gasteiger partial charge in [-0.05, 0) is 26.0 Å². The Balaban J connectivity index is 2.23. The molecule has 0 atom stereocenters. The number of rotatable bonds is 2. The van der Waals surface area contributed by atoms with Crippen LogP contribution in [0.15, 0.2) is 18.3 Å². The molecule has 0 aliphatic carbocycles. The van der Waals surface area contributed by atoms with Crippen molar-refractivity contribution in [2.45, 2.75) is 13.8 Å². The molecule has 88 valence electrons. The molecule has 0 aromatic carbocycles. The second kappa shape index (κ2) is 4.25. The van der Waals surface area contributed by atoms with Crippen molar-refractivity contribution in [2.75, 3.05) is 11.1 Å². The van der Waals surface area contributed by atoms with Crippen molar-refractivity contribution in [3.8, 4) is 0 Å². The number of H-pyrrole nitrogens is 1. The number of carbonyl (C=O) groups is 1. The van der Waals surface area contributed by atoms with Crippen molar-refractivity contribution >= 4 is 17.4 Å². The lowest BCUT2D eigenvalue weighted by Gasteiger charge is -2.04. The Kier molecular flexibility index (Phi) is 2.78. The van der Waals surface area contributed by atoms with Crippen molar-refractivity contribution in [3.05, 3.63) is 35.3 Å². The summed E-state index contributed by atoms with van der Waals surface area (Å²) in [6, 6.07) is 3.41. The van der Waals surface area contributed by atoms with E-state index >= 15 is 0 Å². The van der Waals surface area contributed by atoms with E-state index in [4.69, 9.17) is 5.73 Å². The quantitative estimate of drug-likeness (QED) is 0.724. The Morgan fingerprint density at radius 3 is 2.82 bits per heavy atom. The van der Waals surface area contributed by atoms with Crippen LogP contribution in [0.5, 0.6) is 0 Å². The molecule has 0 unspecified atom stereocenters. The van der Waals surface area contributed by atoms with Crippen LogP contribution in [-0.4, -0.2) is 21.1 Å². The van der Waals surface area contributed by atoms with Crippen LogP contribution in [0.25, 0.3) is 0 Å². The first-order valence-corrected chi connectivity index (χ1v) is 5.13. The van der Waals surface area contributed by atoms with E-state index in [-0.39, 0.29) is 5.91 Å². The van der Waals surface area contributed by atoms with Crippen LogP contribution in [0.2, 0.25) is 0 Å². The number of hydrogen-bond acceptors (Lipinski definition) is 4. The van der Waals surface area contributed by atoms with Crippen molar-refractivity contribution < 1.29 is 4.79 Å². The average Bonchev–Trinajstić information content (AvgIpc) is 2.61. The van der Waals surface area contributed by atoms with Crippen molar-refractivity contribution in [1.29, 1.82) is 0 Å². The Morgan fingerprint density at radius 1 is 1.47 bits per heavy atom. The van der Waals surface area contributed by atoms with Gasteiger partial charge in [-0.15, -0.1) is 0 Å². The standard InChI is InChI=1S/C11H13N5O/c1-6-8(4-3-5-13-6)11(17)14-10-9(12)7(2)15-16-10/h3-5H,12H2,1-2H3,(H2,14,15,16,17). The predicted octanol–water partition coefficient (Wildman–Crippen LogP) is 1.26. The van der Waals surface area contributed by atoms with E-state index in [1.54, 1.807) is 32.2 Å². The van der Waals surface area contributed by atoms with Crippen molar-refractivity contribution in [1.82, 2.24) is 15.2 Å². The van der Waals surface area contributed by atoms with E-state index < -0.39 is 0 Å². The van der Waals surface area contributed by atoms with Gasteiger partial charge in [0.05, 0.1) is 16.9 Å². The van der Waals surface area contributed by atoms with Crippen LogP contribution in [0.4, 0.5) is 11.5 Å². The van der Waals surface area contributed by atoms with Crippen LogP contribution >= 0.6 is 0 Å². The zero-order valence-corrected chi connectivity index (χ0v) is 9.61. The fourth-order valence-corrected chi connectivity index (χ4v) is 1.43. The normalized spacial score (nSPS) is 10.2. The lowest BCUT2D eigenvalue weighted by Crippen LogP contribution is -2.15. The first kappa shape index (κ1) is 11.1. The molecule has 1 amide bonds. The van der Waals surface area contributed by atoms with E-state index in [2.05, 4.69) is 20.5 Å². The number of carbonyl (C=O) groups excluding carboxylic acids is 1. The van der Waals surface area contributed by atoms with Gasteiger partial charge in [0.2, 0.25) is 0 Å². The van der Waals surface area contributed by atoms with E-state index in [1.165, 1.54) is 0 Å². The fourth-order valence-electron chi connectivity index (χ4n) is 1.43. The van der Waals surface area contributed by atoms with Crippen LogP contribution in [0.3, 0.4) is 0 Å². The van der Waals surface area contributed by atoms with Gasteiger partial charge in [-0.2, -0.15) is 5.10 Å². The molecule has 4 N–H and O–H groups in total. The van der Waals surface area contributed by atoms with Crippen LogP contribution in [0, 0.1) is 13.8 Å². The second-order valence-corrected chi connectivity index (χ2v) is 3.70. The van der Waals surface area contributed by atoms with Gasteiger partial charge in [-0.1, -0.05) is 0 Å². The molecular formula is C11H13N5O. The summed E-state index contributed by atoms with van der Waals surface area (Å²) in [5.41, 5.74) is 8.08. The number of nitrogens with two attached hydrogens (primary N) is 1. The Morgan fingerprint density at radius 2 is 2.24 bits per heavy atom. The molecule has 6 nitrogen and oxygen atoms in total. The minimum Gasteiger partial charge on any atom is -0.394 e. The topological polar surface area (TPSA) is 96.7 Å². The summed E-state index contributed by atoms with van der Waals surface area (Å²) in [6.45, 7) is 3.56. The summed E-state index contributed by atoms with van der Waals surface area (Å²) < 4.78 is 0. The minimum absolute atomic E-state index is 0.270. The molecule has 6 heteroatoms. The van der Waals surface area contributed by atoms with Crippen molar-refractivity contribution in [2.24, 2.45) is 0 Å². The van der Waals surface area contributed by atoms with Crippen LogP contribution in [-0.2, 0) is 0 Å². The van der Waals surface area contributed by atoms with Crippen molar-refractivity contribution in [3.63, 3.8) is 0 Å². The number of amides is 1. The maximum absolute atomic E-state index is 11.9. The molecule has 0 spiro atoms. The minimum atomic E-state index is -0.270. The van der Waals surface area contributed by atoms with Crippen LogP contribution < -0.4 is 11.1 Å². The third-order valence-electron chi connectivity index (χ3n) is 2.48. The Labute approximate surface area is 98.3 Å². The van der Waals surface area contributed by atoms with Crippen LogP contribution in [0.1, 0.15) is 21.7 Å². The number of anilines is 2. The zero-order chi connectivity index (χ0) is 12.4. The number of nitrogen functional groups attached to an aromatic ring is 1. The molecule has 0 aliphatic rings.